The monoisotopic (exact) mass is 503 g/mol. The standard InChI is InChI=1S/C23H23F2N5O6/c1-35-18(31)12-26-20-15-4-5-17(29-6-8-36-9-7-29)28-21(15)30(34)23(33)19(20)22(32)27-11-13-2-3-14(24)10-16(13)25/h2-5,10,26,34H,6-9,11-12H2,1H3,(H,27,32). The zero-order chi connectivity index (χ0) is 25.8. The van der Waals surface area contributed by atoms with Crippen molar-refractivity contribution >= 4 is 34.4 Å². The average molecular weight is 503 g/mol. The molecule has 1 fully saturated rings. The lowest BCUT2D eigenvalue weighted by atomic mass is 10.1. The van der Waals surface area contributed by atoms with E-state index in [0.29, 0.717) is 38.2 Å². The van der Waals surface area contributed by atoms with Crippen LogP contribution in [0.4, 0.5) is 20.3 Å². The average Bonchev–Trinajstić information content (AvgIpc) is 2.89. The maximum atomic E-state index is 14.0. The zero-order valence-corrected chi connectivity index (χ0v) is 19.2. The van der Waals surface area contributed by atoms with Gasteiger partial charge in [0.15, 0.2) is 5.65 Å². The molecular weight excluding hydrogens is 480 g/mol. The zero-order valence-electron chi connectivity index (χ0n) is 19.2. The minimum absolute atomic E-state index is 0.0178. The summed E-state index contributed by atoms with van der Waals surface area (Å²) in [5, 5.41) is 15.9. The normalized spacial score (nSPS) is 13.5. The van der Waals surface area contributed by atoms with Gasteiger partial charge < -0.3 is 30.2 Å². The second kappa shape index (κ2) is 10.6. The summed E-state index contributed by atoms with van der Waals surface area (Å²) in [6.07, 6.45) is 0. The molecule has 11 nitrogen and oxygen atoms in total. The van der Waals surface area contributed by atoms with Gasteiger partial charge in [0.05, 0.1) is 26.0 Å². The van der Waals surface area contributed by atoms with E-state index in [1.807, 2.05) is 4.90 Å². The van der Waals surface area contributed by atoms with Crippen LogP contribution in [0, 0.1) is 11.6 Å². The van der Waals surface area contributed by atoms with E-state index >= 15 is 0 Å². The van der Waals surface area contributed by atoms with Gasteiger partial charge in [-0.05, 0) is 18.2 Å². The van der Waals surface area contributed by atoms with Crippen molar-refractivity contribution in [2.75, 3.05) is 50.2 Å². The molecule has 3 N–H and O–H groups in total. The summed E-state index contributed by atoms with van der Waals surface area (Å²) in [6.45, 7) is 1.35. The number of pyridine rings is 2. The van der Waals surface area contributed by atoms with Crippen LogP contribution in [0.3, 0.4) is 0 Å². The van der Waals surface area contributed by atoms with E-state index in [-0.39, 0.29) is 33.6 Å². The Morgan fingerprint density at radius 2 is 1.94 bits per heavy atom. The topological polar surface area (TPSA) is 135 Å². The summed E-state index contributed by atoms with van der Waals surface area (Å²) in [4.78, 5) is 44.2. The van der Waals surface area contributed by atoms with Crippen molar-refractivity contribution in [2.24, 2.45) is 0 Å². The minimum Gasteiger partial charge on any atom is -0.468 e. The van der Waals surface area contributed by atoms with E-state index in [1.54, 1.807) is 12.1 Å². The van der Waals surface area contributed by atoms with Crippen molar-refractivity contribution in [3.8, 4) is 0 Å². The maximum absolute atomic E-state index is 14.0. The number of carbonyl (C=O) groups excluding carboxylic acids is 2. The van der Waals surface area contributed by atoms with Crippen LogP contribution in [0.5, 0.6) is 0 Å². The molecule has 0 atom stereocenters. The third kappa shape index (κ3) is 5.05. The lowest BCUT2D eigenvalue weighted by molar-refractivity contribution is -0.138. The Hall–Kier alpha value is -4.26. The Balaban J connectivity index is 1.75. The van der Waals surface area contributed by atoms with Gasteiger partial charge in [-0.25, -0.2) is 13.8 Å². The molecule has 1 amide bonds. The molecule has 0 unspecified atom stereocenters. The molecule has 0 saturated carbocycles. The summed E-state index contributed by atoms with van der Waals surface area (Å²) >= 11 is 0. The molecule has 1 aliphatic rings. The van der Waals surface area contributed by atoms with Crippen LogP contribution in [0.2, 0.25) is 0 Å². The Bertz CT molecular complexity index is 1370. The van der Waals surface area contributed by atoms with Crippen LogP contribution in [0.1, 0.15) is 15.9 Å². The molecule has 1 saturated heterocycles. The highest BCUT2D eigenvalue weighted by molar-refractivity contribution is 6.07. The molecule has 36 heavy (non-hydrogen) atoms. The Morgan fingerprint density at radius 3 is 2.64 bits per heavy atom. The Morgan fingerprint density at radius 1 is 1.19 bits per heavy atom. The van der Waals surface area contributed by atoms with E-state index < -0.39 is 41.2 Å². The number of rotatable bonds is 7. The molecule has 1 aromatic carbocycles. The number of anilines is 2. The van der Waals surface area contributed by atoms with Gasteiger partial charge in [-0.3, -0.25) is 14.4 Å². The molecule has 13 heteroatoms. The number of benzene rings is 1. The molecule has 0 aliphatic carbocycles. The predicted octanol–water partition coefficient (Wildman–Crippen LogP) is 1.26. The molecule has 4 rings (SSSR count). The number of halogens is 2. The number of morpholine rings is 1. The number of carbonyl (C=O) groups is 2. The van der Waals surface area contributed by atoms with Gasteiger partial charge >= 0.3 is 5.97 Å². The number of nitrogens with zero attached hydrogens (tertiary/aromatic N) is 3. The third-order valence-corrected chi connectivity index (χ3v) is 5.64. The smallest absolute Gasteiger partial charge is 0.325 e. The van der Waals surface area contributed by atoms with Crippen LogP contribution in [-0.2, 0) is 20.8 Å². The van der Waals surface area contributed by atoms with E-state index in [0.717, 1.165) is 12.1 Å². The van der Waals surface area contributed by atoms with Gasteiger partial charge in [-0.2, -0.15) is 0 Å². The van der Waals surface area contributed by atoms with Gasteiger partial charge in [0.25, 0.3) is 11.5 Å². The molecular formula is C23H23F2N5O6. The number of esters is 1. The first-order chi connectivity index (χ1) is 17.3. The first-order valence-electron chi connectivity index (χ1n) is 10.9. The third-order valence-electron chi connectivity index (χ3n) is 5.64. The number of nitrogens with one attached hydrogen (secondary N) is 2. The fourth-order valence-corrected chi connectivity index (χ4v) is 3.76. The lowest BCUT2D eigenvalue weighted by Gasteiger charge is -2.28. The lowest BCUT2D eigenvalue weighted by Crippen LogP contribution is -2.37. The fourth-order valence-electron chi connectivity index (χ4n) is 3.76. The molecule has 3 heterocycles. The molecule has 3 aromatic rings. The predicted molar refractivity (Wildman–Crippen MR) is 124 cm³/mol. The first-order valence-corrected chi connectivity index (χ1v) is 10.9. The van der Waals surface area contributed by atoms with Crippen molar-refractivity contribution in [1.29, 1.82) is 0 Å². The Kier molecular flexibility index (Phi) is 7.29. The minimum atomic E-state index is -1.11. The van der Waals surface area contributed by atoms with Crippen LogP contribution < -0.4 is 21.1 Å². The largest absolute Gasteiger partial charge is 0.468 e. The number of aromatic nitrogens is 2. The number of hydrogen-bond acceptors (Lipinski definition) is 9. The number of hydrogen-bond donors (Lipinski definition) is 3. The van der Waals surface area contributed by atoms with Gasteiger partial charge in [-0.15, -0.1) is 4.73 Å². The highest BCUT2D eigenvalue weighted by Gasteiger charge is 2.25. The maximum Gasteiger partial charge on any atom is 0.325 e. The highest BCUT2D eigenvalue weighted by Crippen LogP contribution is 2.27. The van der Waals surface area contributed by atoms with E-state index in [4.69, 9.17) is 4.74 Å². The molecule has 0 bridgehead atoms. The quantitative estimate of drug-likeness (QED) is 0.322. The van der Waals surface area contributed by atoms with Crippen molar-refractivity contribution in [2.45, 2.75) is 6.54 Å². The molecule has 190 valence electrons. The summed E-state index contributed by atoms with van der Waals surface area (Å²) in [5.74, 6) is -2.81. The van der Waals surface area contributed by atoms with Crippen molar-refractivity contribution in [3.63, 3.8) is 0 Å². The van der Waals surface area contributed by atoms with E-state index in [2.05, 4.69) is 20.4 Å². The van der Waals surface area contributed by atoms with E-state index in [1.165, 1.54) is 7.11 Å². The van der Waals surface area contributed by atoms with Crippen molar-refractivity contribution in [1.82, 2.24) is 15.0 Å². The number of fused-ring (bicyclic) bond motifs is 1. The van der Waals surface area contributed by atoms with E-state index in [9.17, 15) is 28.4 Å². The first kappa shape index (κ1) is 24.9. The van der Waals surface area contributed by atoms with Crippen LogP contribution >= 0.6 is 0 Å². The number of amides is 1. The second-order valence-electron chi connectivity index (χ2n) is 7.86. The summed E-state index contributed by atoms with van der Waals surface area (Å²) in [7, 11) is 1.18. The second-order valence-corrected chi connectivity index (χ2v) is 7.86. The molecule has 2 aromatic heterocycles. The summed E-state index contributed by atoms with van der Waals surface area (Å²) in [5.41, 5.74) is -1.87. The Labute approximate surface area is 203 Å². The van der Waals surface area contributed by atoms with Gasteiger partial charge in [0, 0.05) is 36.7 Å². The van der Waals surface area contributed by atoms with Crippen LogP contribution in [0.15, 0.2) is 35.1 Å². The number of methoxy groups -OCH3 is 1. The summed E-state index contributed by atoms with van der Waals surface area (Å²) in [6, 6.07) is 6.05. The number of ether oxygens (including phenoxy) is 2. The highest BCUT2D eigenvalue weighted by atomic mass is 19.1. The van der Waals surface area contributed by atoms with Gasteiger partial charge in [0.2, 0.25) is 0 Å². The molecule has 0 radical (unpaired) electrons. The fraction of sp³-hybridized carbons (Fsp3) is 0.304. The van der Waals surface area contributed by atoms with Crippen LogP contribution in [-0.4, -0.2) is 66.8 Å². The van der Waals surface area contributed by atoms with Gasteiger partial charge in [0.1, 0.15) is 29.6 Å². The van der Waals surface area contributed by atoms with Crippen molar-refractivity contribution in [3.05, 3.63) is 63.4 Å². The summed E-state index contributed by atoms with van der Waals surface area (Å²) < 4.78 is 37.4. The molecule has 0 spiro atoms. The van der Waals surface area contributed by atoms with Crippen molar-refractivity contribution < 1.29 is 33.1 Å². The van der Waals surface area contributed by atoms with Crippen LogP contribution in [0.25, 0.3) is 11.0 Å². The SMILES string of the molecule is COC(=O)CNc1c(C(=O)NCc2ccc(F)cc2F)c(=O)n(O)c2nc(N3CCOCC3)ccc12. The van der Waals surface area contributed by atoms with Gasteiger partial charge in [-0.1, -0.05) is 6.07 Å². The molecule has 1 aliphatic heterocycles.